The van der Waals surface area contributed by atoms with Gasteiger partial charge in [-0.25, -0.2) is 0 Å². The zero-order valence-corrected chi connectivity index (χ0v) is 11.2. The van der Waals surface area contributed by atoms with Crippen molar-refractivity contribution in [3.63, 3.8) is 0 Å². The van der Waals surface area contributed by atoms with Crippen LogP contribution in [0.2, 0.25) is 0 Å². The first kappa shape index (κ1) is 13.4. The summed E-state index contributed by atoms with van der Waals surface area (Å²) >= 11 is 1.35. The molecule has 0 saturated carbocycles. The summed E-state index contributed by atoms with van der Waals surface area (Å²) in [6, 6.07) is 3.83. The van der Waals surface area contributed by atoms with Crippen molar-refractivity contribution in [3.05, 3.63) is 35.1 Å². The number of nitrogens with zero attached hydrogens (tertiary/aromatic N) is 3. The van der Waals surface area contributed by atoms with E-state index < -0.39 is 0 Å². The zero-order chi connectivity index (χ0) is 13.5. The van der Waals surface area contributed by atoms with Crippen LogP contribution >= 0.6 is 11.3 Å². The van der Waals surface area contributed by atoms with Crippen molar-refractivity contribution in [2.24, 2.45) is 0 Å². The number of anilines is 1. The number of nitrogen functional groups attached to an aromatic ring is 1. The van der Waals surface area contributed by atoms with Crippen LogP contribution in [0.4, 0.5) is 5.13 Å². The van der Waals surface area contributed by atoms with Crippen LogP contribution in [0.1, 0.15) is 17.0 Å². The average molecular weight is 277 g/mol. The van der Waals surface area contributed by atoms with Gasteiger partial charge in [-0.1, -0.05) is 17.4 Å². The molecule has 0 radical (unpaired) electrons. The third kappa shape index (κ3) is 4.63. The highest BCUT2D eigenvalue weighted by Gasteiger charge is 2.04. The monoisotopic (exact) mass is 277 g/mol. The molecule has 0 fully saturated rings. The van der Waals surface area contributed by atoms with Gasteiger partial charge in [0.1, 0.15) is 5.01 Å². The van der Waals surface area contributed by atoms with Crippen molar-refractivity contribution < 1.29 is 4.79 Å². The Bertz CT molecular complexity index is 528. The Morgan fingerprint density at radius 1 is 1.37 bits per heavy atom. The summed E-state index contributed by atoms with van der Waals surface area (Å²) in [6.07, 6.45) is 5.32. The molecule has 7 heteroatoms. The van der Waals surface area contributed by atoms with Gasteiger partial charge in [-0.05, 0) is 18.1 Å². The van der Waals surface area contributed by atoms with Crippen molar-refractivity contribution in [2.75, 3.05) is 12.3 Å². The van der Waals surface area contributed by atoms with Crippen molar-refractivity contribution in [1.82, 2.24) is 20.5 Å². The molecule has 0 spiro atoms. The fourth-order valence-corrected chi connectivity index (χ4v) is 2.18. The van der Waals surface area contributed by atoms with E-state index >= 15 is 0 Å². The van der Waals surface area contributed by atoms with Crippen LogP contribution in [0.25, 0.3) is 0 Å². The van der Waals surface area contributed by atoms with E-state index in [0.29, 0.717) is 30.9 Å². The summed E-state index contributed by atoms with van der Waals surface area (Å²) < 4.78 is 0. The Labute approximate surface area is 115 Å². The Morgan fingerprint density at radius 3 is 2.95 bits per heavy atom. The molecule has 100 valence electrons. The predicted molar refractivity (Wildman–Crippen MR) is 73.6 cm³/mol. The molecule has 19 heavy (non-hydrogen) atoms. The highest BCUT2D eigenvalue weighted by molar-refractivity contribution is 7.15. The fourth-order valence-electron chi connectivity index (χ4n) is 1.57. The smallest absolute Gasteiger partial charge is 0.220 e. The molecule has 0 unspecified atom stereocenters. The van der Waals surface area contributed by atoms with Gasteiger partial charge < -0.3 is 11.1 Å². The lowest BCUT2D eigenvalue weighted by molar-refractivity contribution is -0.121. The second kappa shape index (κ2) is 6.79. The number of aryl methyl sites for hydroxylation is 1. The van der Waals surface area contributed by atoms with E-state index in [1.165, 1.54) is 11.3 Å². The van der Waals surface area contributed by atoms with E-state index in [0.717, 1.165) is 10.6 Å². The lowest BCUT2D eigenvalue weighted by Gasteiger charge is -2.03. The van der Waals surface area contributed by atoms with Gasteiger partial charge in [0.05, 0.1) is 0 Å². The molecule has 2 aromatic rings. The molecule has 0 bridgehead atoms. The minimum atomic E-state index is 0.0290. The van der Waals surface area contributed by atoms with Crippen molar-refractivity contribution in [1.29, 1.82) is 0 Å². The lowest BCUT2D eigenvalue weighted by Crippen LogP contribution is -2.25. The van der Waals surface area contributed by atoms with E-state index in [4.69, 9.17) is 5.73 Å². The van der Waals surface area contributed by atoms with Gasteiger partial charge in [-0.15, -0.1) is 10.2 Å². The van der Waals surface area contributed by atoms with Crippen molar-refractivity contribution in [3.8, 4) is 0 Å². The number of rotatable bonds is 6. The summed E-state index contributed by atoms with van der Waals surface area (Å²) in [7, 11) is 0. The Hall–Kier alpha value is -2.02. The van der Waals surface area contributed by atoms with Crippen LogP contribution in [0, 0.1) is 0 Å². The molecule has 1 amide bonds. The Balaban J connectivity index is 1.65. The summed E-state index contributed by atoms with van der Waals surface area (Å²) in [5, 5.41) is 11.8. The second-order valence-electron chi connectivity index (χ2n) is 4.00. The molecule has 2 aromatic heterocycles. The highest BCUT2D eigenvalue weighted by atomic mass is 32.1. The van der Waals surface area contributed by atoms with Crippen LogP contribution in [-0.4, -0.2) is 27.6 Å². The zero-order valence-electron chi connectivity index (χ0n) is 10.4. The minimum absolute atomic E-state index is 0.0290. The largest absolute Gasteiger partial charge is 0.374 e. The van der Waals surface area contributed by atoms with Crippen LogP contribution in [0.15, 0.2) is 24.5 Å². The molecule has 0 aromatic carbocycles. The van der Waals surface area contributed by atoms with E-state index in [1.54, 1.807) is 12.4 Å². The number of aromatic nitrogens is 3. The van der Waals surface area contributed by atoms with Crippen LogP contribution in [0.5, 0.6) is 0 Å². The number of nitrogens with two attached hydrogens (primary N) is 1. The third-order valence-electron chi connectivity index (χ3n) is 2.51. The topological polar surface area (TPSA) is 93.8 Å². The molecule has 2 rings (SSSR count). The molecule has 2 heterocycles. The number of hydrogen-bond acceptors (Lipinski definition) is 6. The standard InChI is InChI=1S/C12H15N5OS/c13-12-17-16-11(19-12)5-7-15-10(18)4-3-9-2-1-6-14-8-9/h1-2,6,8H,3-5,7H2,(H2,13,17)(H,15,18). The van der Waals surface area contributed by atoms with Crippen LogP contribution in [0.3, 0.4) is 0 Å². The number of carbonyl (C=O) groups excluding carboxylic acids is 1. The molecule has 0 aliphatic rings. The van der Waals surface area contributed by atoms with Gasteiger partial charge in [0.15, 0.2) is 0 Å². The predicted octanol–water partition coefficient (Wildman–Crippen LogP) is 0.807. The van der Waals surface area contributed by atoms with Crippen molar-refractivity contribution >= 4 is 22.4 Å². The molecule has 0 aliphatic heterocycles. The average Bonchev–Trinajstić information content (AvgIpc) is 2.83. The first-order valence-electron chi connectivity index (χ1n) is 5.97. The lowest BCUT2D eigenvalue weighted by atomic mass is 10.1. The first-order valence-corrected chi connectivity index (χ1v) is 6.79. The van der Waals surface area contributed by atoms with Gasteiger partial charge in [0.25, 0.3) is 0 Å². The molecular formula is C12H15N5OS. The molecule has 0 saturated heterocycles. The molecule has 0 aliphatic carbocycles. The normalized spacial score (nSPS) is 10.3. The second-order valence-corrected chi connectivity index (χ2v) is 5.09. The fraction of sp³-hybridized carbons (Fsp3) is 0.333. The maximum atomic E-state index is 11.6. The van der Waals surface area contributed by atoms with Gasteiger partial charge in [-0.2, -0.15) is 0 Å². The third-order valence-corrected chi connectivity index (χ3v) is 3.32. The summed E-state index contributed by atoms with van der Waals surface area (Å²) in [5.41, 5.74) is 6.54. The number of amides is 1. The van der Waals surface area contributed by atoms with Crippen LogP contribution in [-0.2, 0) is 17.6 Å². The van der Waals surface area contributed by atoms with E-state index in [9.17, 15) is 4.79 Å². The molecule has 6 nitrogen and oxygen atoms in total. The Morgan fingerprint density at radius 2 is 2.26 bits per heavy atom. The first-order chi connectivity index (χ1) is 9.24. The highest BCUT2D eigenvalue weighted by Crippen LogP contribution is 2.10. The maximum Gasteiger partial charge on any atom is 0.220 e. The summed E-state index contributed by atoms with van der Waals surface area (Å²) in [5.74, 6) is 0.0290. The van der Waals surface area contributed by atoms with E-state index in [-0.39, 0.29) is 5.91 Å². The minimum Gasteiger partial charge on any atom is -0.374 e. The van der Waals surface area contributed by atoms with Gasteiger partial charge in [0.2, 0.25) is 11.0 Å². The summed E-state index contributed by atoms with van der Waals surface area (Å²) in [4.78, 5) is 15.6. The quantitative estimate of drug-likeness (QED) is 0.814. The van der Waals surface area contributed by atoms with Crippen molar-refractivity contribution in [2.45, 2.75) is 19.3 Å². The number of nitrogens with one attached hydrogen (secondary N) is 1. The molecule has 3 N–H and O–H groups in total. The number of pyridine rings is 1. The number of carbonyl (C=O) groups is 1. The van der Waals surface area contributed by atoms with Gasteiger partial charge >= 0.3 is 0 Å². The van der Waals surface area contributed by atoms with Gasteiger partial charge in [-0.3, -0.25) is 9.78 Å². The van der Waals surface area contributed by atoms with E-state index in [2.05, 4.69) is 20.5 Å². The Kier molecular flexibility index (Phi) is 4.79. The summed E-state index contributed by atoms with van der Waals surface area (Å²) in [6.45, 7) is 0.556. The van der Waals surface area contributed by atoms with Crippen LogP contribution < -0.4 is 11.1 Å². The molecule has 0 atom stereocenters. The van der Waals surface area contributed by atoms with Gasteiger partial charge in [0, 0.05) is 31.8 Å². The number of hydrogen-bond donors (Lipinski definition) is 2. The van der Waals surface area contributed by atoms with E-state index in [1.807, 2.05) is 12.1 Å². The SMILES string of the molecule is Nc1nnc(CCNC(=O)CCc2cccnc2)s1. The molecular weight excluding hydrogens is 262 g/mol. The maximum absolute atomic E-state index is 11.6.